The molecular formula is C14H17ClN2O4. The number of hydrogen-bond acceptors (Lipinski definition) is 4. The van der Waals surface area contributed by atoms with Crippen molar-refractivity contribution in [2.75, 3.05) is 0 Å². The maximum Gasteiger partial charge on any atom is 0.312 e. The summed E-state index contributed by atoms with van der Waals surface area (Å²) in [4.78, 5) is 22.4. The van der Waals surface area contributed by atoms with Gasteiger partial charge in [0.1, 0.15) is 0 Å². The van der Waals surface area contributed by atoms with Crippen molar-refractivity contribution < 1.29 is 14.5 Å². The highest BCUT2D eigenvalue weighted by Gasteiger charge is 2.24. The summed E-state index contributed by atoms with van der Waals surface area (Å²) in [6, 6.07) is 4.29. The van der Waals surface area contributed by atoms with E-state index in [1.54, 1.807) is 6.92 Å². The molecule has 1 N–H and O–H groups in total. The van der Waals surface area contributed by atoms with Gasteiger partial charge in [-0.1, -0.05) is 24.4 Å². The van der Waals surface area contributed by atoms with Crippen LogP contribution in [0.3, 0.4) is 0 Å². The number of hydrogen-bond donors (Lipinski definition) is 1. The maximum absolute atomic E-state index is 12.0. The topological polar surface area (TPSA) is 81.5 Å². The van der Waals surface area contributed by atoms with Crippen LogP contribution >= 0.6 is 11.6 Å². The number of nitrogens with one attached hydrogen (secondary N) is 1. The van der Waals surface area contributed by atoms with Crippen molar-refractivity contribution in [2.24, 2.45) is 0 Å². The van der Waals surface area contributed by atoms with E-state index in [1.807, 2.05) is 0 Å². The fourth-order valence-electron chi connectivity index (χ4n) is 2.37. The van der Waals surface area contributed by atoms with Crippen LogP contribution in [0.1, 0.15) is 32.6 Å². The van der Waals surface area contributed by atoms with Crippen LogP contribution < -0.4 is 10.1 Å². The first-order valence-corrected chi connectivity index (χ1v) is 7.26. The Bertz CT molecular complexity index is 544. The molecule has 0 spiro atoms. The van der Waals surface area contributed by atoms with Crippen LogP contribution in [0.15, 0.2) is 18.2 Å². The summed E-state index contributed by atoms with van der Waals surface area (Å²) in [7, 11) is 0. The summed E-state index contributed by atoms with van der Waals surface area (Å²) in [5, 5.41) is 14.1. The van der Waals surface area contributed by atoms with Crippen molar-refractivity contribution in [1.29, 1.82) is 0 Å². The summed E-state index contributed by atoms with van der Waals surface area (Å²) in [5.41, 5.74) is -0.247. The molecule has 1 aromatic rings. The second-order valence-electron chi connectivity index (χ2n) is 5.12. The van der Waals surface area contributed by atoms with E-state index in [0.29, 0.717) is 0 Å². The van der Waals surface area contributed by atoms with Gasteiger partial charge in [0.05, 0.1) is 4.92 Å². The number of nitrogens with zero attached hydrogens (tertiary/aromatic N) is 1. The molecule has 0 heterocycles. The van der Waals surface area contributed by atoms with Crippen molar-refractivity contribution in [3.05, 3.63) is 33.3 Å². The smallest absolute Gasteiger partial charge is 0.312 e. The number of amides is 1. The first-order chi connectivity index (χ1) is 9.97. The molecule has 6 nitrogen and oxygen atoms in total. The molecule has 1 saturated carbocycles. The maximum atomic E-state index is 12.0. The predicted octanol–water partition coefficient (Wildman–Crippen LogP) is 3.07. The number of halogens is 1. The Hall–Kier alpha value is -1.82. The average Bonchev–Trinajstić information content (AvgIpc) is 2.93. The predicted molar refractivity (Wildman–Crippen MR) is 78.6 cm³/mol. The summed E-state index contributed by atoms with van der Waals surface area (Å²) in [5.74, 6) is -0.218. The normalized spacial score (nSPS) is 16.5. The van der Waals surface area contributed by atoms with Gasteiger partial charge in [0.15, 0.2) is 11.9 Å². The summed E-state index contributed by atoms with van der Waals surface area (Å²) >= 11 is 5.73. The lowest BCUT2D eigenvalue weighted by molar-refractivity contribution is -0.386. The standard InChI is InChI=1S/C14H17ClN2O4/c1-9(14(18)16-11-4-2-3-5-11)21-13-7-6-10(15)8-12(13)17(19)20/h6-9,11H,2-5H2,1H3,(H,16,18)/t9-/m1/s1. The Kier molecular flexibility index (Phi) is 5.01. The van der Waals surface area contributed by atoms with E-state index in [4.69, 9.17) is 16.3 Å². The van der Waals surface area contributed by atoms with E-state index in [1.165, 1.54) is 18.2 Å². The molecule has 21 heavy (non-hydrogen) atoms. The van der Waals surface area contributed by atoms with Gasteiger partial charge >= 0.3 is 5.69 Å². The number of nitro groups is 1. The third-order valence-electron chi connectivity index (χ3n) is 3.49. The lowest BCUT2D eigenvalue weighted by Crippen LogP contribution is -2.41. The molecule has 1 aliphatic rings. The molecule has 0 radical (unpaired) electrons. The molecular weight excluding hydrogens is 296 g/mol. The van der Waals surface area contributed by atoms with Crippen molar-refractivity contribution in [3.8, 4) is 5.75 Å². The van der Waals surface area contributed by atoms with E-state index in [9.17, 15) is 14.9 Å². The van der Waals surface area contributed by atoms with E-state index in [0.717, 1.165) is 25.7 Å². The van der Waals surface area contributed by atoms with Crippen LogP contribution in [0, 0.1) is 10.1 Å². The minimum Gasteiger partial charge on any atom is -0.474 e. The van der Waals surface area contributed by atoms with Gasteiger partial charge in [0.25, 0.3) is 5.91 Å². The molecule has 2 rings (SSSR count). The highest BCUT2D eigenvalue weighted by atomic mass is 35.5. The Morgan fingerprint density at radius 1 is 1.48 bits per heavy atom. The summed E-state index contributed by atoms with van der Waals surface area (Å²) in [6.45, 7) is 1.57. The van der Waals surface area contributed by atoms with Crippen LogP contribution in [0.4, 0.5) is 5.69 Å². The molecule has 1 aliphatic carbocycles. The molecule has 0 aromatic heterocycles. The van der Waals surface area contributed by atoms with Gasteiger partial charge in [-0.25, -0.2) is 0 Å². The Balaban J connectivity index is 2.03. The van der Waals surface area contributed by atoms with E-state index in [2.05, 4.69) is 5.32 Å². The second-order valence-corrected chi connectivity index (χ2v) is 5.56. The lowest BCUT2D eigenvalue weighted by atomic mass is 10.2. The molecule has 114 valence electrons. The molecule has 0 unspecified atom stereocenters. The zero-order valence-corrected chi connectivity index (χ0v) is 12.4. The number of carbonyl (C=O) groups is 1. The average molecular weight is 313 g/mol. The van der Waals surface area contributed by atoms with Crippen LogP contribution in [-0.2, 0) is 4.79 Å². The third kappa shape index (κ3) is 4.07. The minimum atomic E-state index is -0.800. The largest absolute Gasteiger partial charge is 0.474 e. The summed E-state index contributed by atoms with van der Waals surface area (Å²) in [6.07, 6.45) is 3.37. The first-order valence-electron chi connectivity index (χ1n) is 6.88. The Labute approximate surface area is 127 Å². The number of ether oxygens (including phenoxy) is 1. The van der Waals surface area contributed by atoms with Crippen LogP contribution in [0.5, 0.6) is 5.75 Å². The Morgan fingerprint density at radius 3 is 2.76 bits per heavy atom. The second kappa shape index (κ2) is 6.76. The zero-order valence-electron chi connectivity index (χ0n) is 11.7. The molecule has 7 heteroatoms. The van der Waals surface area contributed by atoms with Gasteiger partial charge in [0, 0.05) is 17.1 Å². The SMILES string of the molecule is C[C@@H](Oc1ccc(Cl)cc1[N+](=O)[O-])C(=O)NC1CCCC1. The highest BCUT2D eigenvalue weighted by molar-refractivity contribution is 6.30. The number of rotatable bonds is 5. The van der Waals surface area contributed by atoms with E-state index >= 15 is 0 Å². The highest BCUT2D eigenvalue weighted by Crippen LogP contribution is 2.30. The fraction of sp³-hybridized carbons (Fsp3) is 0.500. The Morgan fingerprint density at radius 2 is 2.14 bits per heavy atom. The molecule has 0 aliphatic heterocycles. The van der Waals surface area contributed by atoms with Gasteiger partial charge in [-0.3, -0.25) is 14.9 Å². The monoisotopic (exact) mass is 312 g/mol. The molecule has 0 saturated heterocycles. The van der Waals surface area contributed by atoms with Crippen molar-refractivity contribution in [1.82, 2.24) is 5.32 Å². The molecule has 1 atom stereocenters. The van der Waals surface area contributed by atoms with Crippen molar-refractivity contribution in [3.63, 3.8) is 0 Å². The minimum absolute atomic E-state index is 0.0403. The lowest BCUT2D eigenvalue weighted by Gasteiger charge is -2.18. The molecule has 1 amide bonds. The number of carbonyl (C=O) groups excluding carboxylic acids is 1. The van der Waals surface area contributed by atoms with Gasteiger partial charge in [0.2, 0.25) is 0 Å². The zero-order chi connectivity index (χ0) is 15.4. The van der Waals surface area contributed by atoms with Crippen molar-refractivity contribution >= 4 is 23.2 Å². The quantitative estimate of drug-likeness (QED) is 0.669. The van der Waals surface area contributed by atoms with Gasteiger partial charge < -0.3 is 10.1 Å². The van der Waals surface area contributed by atoms with Crippen LogP contribution in [0.25, 0.3) is 0 Å². The van der Waals surface area contributed by atoms with Gasteiger partial charge in [-0.05, 0) is 31.9 Å². The molecule has 1 fully saturated rings. The number of nitro benzene ring substituents is 1. The molecule has 0 bridgehead atoms. The first kappa shape index (κ1) is 15.6. The van der Waals surface area contributed by atoms with Gasteiger partial charge in [-0.15, -0.1) is 0 Å². The van der Waals surface area contributed by atoms with Crippen LogP contribution in [0.2, 0.25) is 5.02 Å². The van der Waals surface area contributed by atoms with Gasteiger partial charge in [-0.2, -0.15) is 0 Å². The van der Waals surface area contributed by atoms with Crippen LogP contribution in [-0.4, -0.2) is 23.0 Å². The number of benzene rings is 1. The molecule has 1 aromatic carbocycles. The van der Waals surface area contributed by atoms with E-state index < -0.39 is 11.0 Å². The van der Waals surface area contributed by atoms with E-state index in [-0.39, 0.29) is 28.4 Å². The van der Waals surface area contributed by atoms with Crippen molar-refractivity contribution in [2.45, 2.75) is 44.8 Å². The summed E-state index contributed by atoms with van der Waals surface area (Å²) < 4.78 is 5.42. The fourth-order valence-corrected chi connectivity index (χ4v) is 2.53. The third-order valence-corrected chi connectivity index (χ3v) is 3.73.